The minimum Gasteiger partial charge on any atom is -0.494 e. The first-order valence-corrected chi connectivity index (χ1v) is 6.15. The second-order valence-electron chi connectivity index (χ2n) is 4.27. The van der Waals surface area contributed by atoms with Gasteiger partial charge in [0, 0.05) is 11.3 Å². The number of aryl methyl sites for hydroxylation is 2. The minimum absolute atomic E-state index is 0.427. The van der Waals surface area contributed by atoms with Gasteiger partial charge in [-0.05, 0) is 44.5 Å². The van der Waals surface area contributed by atoms with Gasteiger partial charge in [0.15, 0.2) is 0 Å². The molecule has 18 heavy (non-hydrogen) atoms. The zero-order valence-electron chi connectivity index (χ0n) is 11.1. The molecule has 0 amide bonds. The lowest BCUT2D eigenvalue weighted by Crippen LogP contribution is -1.98. The Kier molecular flexibility index (Phi) is 3.67. The smallest absolute Gasteiger partial charge is 0.122 e. The maximum Gasteiger partial charge on any atom is 0.122 e. The largest absolute Gasteiger partial charge is 0.494 e. The second kappa shape index (κ2) is 5.23. The molecule has 0 atom stereocenters. The lowest BCUT2D eigenvalue weighted by atomic mass is 10.1. The van der Waals surface area contributed by atoms with Crippen molar-refractivity contribution in [3.05, 3.63) is 35.3 Å². The standard InChI is InChI=1S/C14H19N3O/c1-4-18-12-6-5-11(7-9(12)2)14-10(3)16-13(8-15)17-14/h5-7H,4,8,15H2,1-3H3,(H,16,17). The normalized spacial score (nSPS) is 10.7. The number of benzene rings is 1. The number of aromatic nitrogens is 2. The van der Waals surface area contributed by atoms with Gasteiger partial charge in [0.05, 0.1) is 18.8 Å². The van der Waals surface area contributed by atoms with E-state index >= 15 is 0 Å². The summed E-state index contributed by atoms with van der Waals surface area (Å²) in [6.07, 6.45) is 0. The van der Waals surface area contributed by atoms with E-state index in [1.165, 1.54) is 0 Å². The molecule has 0 aliphatic heterocycles. The van der Waals surface area contributed by atoms with E-state index in [0.717, 1.165) is 34.1 Å². The number of nitrogens with zero attached hydrogens (tertiary/aromatic N) is 1. The van der Waals surface area contributed by atoms with Crippen LogP contribution in [-0.2, 0) is 6.54 Å². The third kappa shape index (κ3) is 2.38. The van der Waals surface area contributed by atoms with Gasteiger partial charge >= 0.3 is 0 Å². The molecule has 4 nitrogen and oxygen atoms in total. The summed E-state index contributed by atoms with van der Waals surface area (Å²) in [5.41, 5.74) is 9.79. The first-order chi connectivity index (χ1) is 8.65. The van der Waals surface area contributed by atoms with Gasteiger partial charge in [-0.3, -0.25) is 0 Å². The third-order valence-electron chi connectivity index (χ3n) is 2.88. The number of ether oxygens (including phenoxy) is 1. The minimum atomic E-state index is 0.427. The molecule has 96 valence electrons. The number of hydrogen-bond acceptors (Lipinski definition) is 3. The molecule has 4 heteroatoms. The topological polar surface area (TPSA) is 63.9 Å². The molecule has 2 aromatic rings. The van der Waals surface area contributed by atoms with Crippen LogP contribution in [0.5, 0.6) is 5.75 Å². The van der Waals surface area contributed by atoms with Crippen molar-refractivity contribution in [3.8, 4) is 17.0 Å². The molecule has 0 aliphatic rings. The van der Waals surface area contributed by atoms with Crippen molar-refractivity contribution in [2.45, 2.75) is 27.3 Å². The fourth-order valence-electron chi connectivity index (χ4n) is 2.01. The molecule has 0 radical (unpaired) electrons. The number of hydrogen-bond donors (Lipinski definition) is 2. The summed E-state index contributed by atoms with van der Waals surface area (Å²) in [6, 6.07) is 6.11. The zero-order valence-corrected chi connectivity index (χ0v) is 11.1. The van der Waals surface area contributed by atoms with E-state index in [0.29, 0.717) is 13.2 Å². The van der Waals surface area contributed by atoms with Crippen LogP contribution in [0.2, 0.25) is 0 Å². The summed E-state index contributed by atoms with van der Waals surface area (Å²) in [4.78, 5) is 7.68. The van der Waals surface area contributed by atoms with E-state index in [2.05, 4.69) is 16.0 Å². The van der Waals surface area contributed by atoms with E-state index in [9.17, 15) is 0 Å². The Bertz CT molecular complexity index is 546. The summed E-state index contributed by atoms with van der Waals surface area (Å²) in [5.74, 6) is 1.74. The number of imidazole rings is 1. The van der Waals surface area contributed by atoms with Gasteiger partial charge in [-0.2, -0.15) is 0 Å². The van der Waals surface area contributed by atoms with Crippen molar-refractivity contribution in [3.63, 3.8) is 0 Å². The summed E-state index contributed by atoms with van der Waals surface area (Å²) < 4.78 is 5.54. The predicted octanol–water partition coefficient (Wildman–Crippen LogP) is 2.55. The van der Waals surface area contributed by atoms with Gasteiger partial charge in [-0.15, -0.1) is 0 Å². The summed E-state index contributed by atoms with van der Waals surface area (Å²) >= 11 is 0. The van der Waals surface area contributed by atoms with Gasteiger partial charge in [0.2, 0.25) is 0 Å². The average molecular weight is 245 g/mol. The van der Waals surface area contributed by atoms with Gasteiger partial charge in [-0.25, -0.2) is 4.98 Å². The van der Waals surface area contributed by atoms with Gasteiger partial charge in [-0.1, -0.05) is 0 Å². The average Bonchev–Trinajstić information content (AvgIpc) is 2.73. The van der Waals surface area contributed by atoms with Crippen LogP contribution in [0.1, 0.15) is 24.0 Å². The fraction of sp³-hybridized carbons (Fsp3) is 0.357. The maximum atomic E-state index is 5.59. The summed E-state index contributed by atoms with van der Waals surface area (Å²) in [7, 11) is 0. The number of H-pyrrole nitrogens is 1. The highest BCUT2D eigenvalue weighted by Gasteiger charge is 2.09. The Labute approximate surface area is 107 Å². The molecule has 0 unspecified atom stereocenters. The van der Waals surface area contributed by atoms with E-state index in [4.69, 9.17) is 10.5 Å². The first-order valence-electron chi connectivity index (χ1n) is 6.15. The molecule has 2 rings (SSSR count). The molecular formula is C14H19N3O. The molecule has 0 saturated heterocycles. The Morgan fingerprint density at radius 3 is 2.67 bits per heavy atom. The Balaban J connectivity index is 2.38. The highest BCUT2D eigenvalue weighted by molar-refractivity contribution is 5.64. The Morgan fingerprint density at radius 1 is 1.33 bits per heavy atom. The monoisotopic (exact) mass is 245 g/mol. The van der Waals surface area contributed by atoms with Crippen LogP contribution in [0, 0.1) is 13.8 Å². The van der Waals surface area contributed by atoms with Crippen molar-refractivity contribution >= 4 is 0 Å². The van der Waals surface area contributed by atoms with Crippen LogP contribution >= 0.6 is 0 Å². The molecule has 1 aromatic carbocycles. The molecule has 0 fully saturated rings. The lowest BCUT2D eigenvalue weighted by molar-refractivity contribution is 0.338. The van der Waals surface area contributed by atoms with E-state index in [-0.39, 0.29) is 0 Å². The maximum absolute atomic E-state index is 5.59. The van der Waals surface area contributed by atoms with Crippen molar-refractivity contribution < 1.29 is 4.74 Å². The summed E-state index contributed by atoms with van der Waals surface area (Å²) in [5, 5.41) is 0. The van der Waals surface area contributed by atoms with Crippen LogP contribution in [-0.4, -0.2) is 16.6 Å². The molecule has 1 aromatic heterocycles. The van der Waals surface area contributed by atoms with Crippen molar-refractivity contribution in [2.75, 3.05) is 6.61 Å². The van der Waals surface area contributed by atoms with Gasteiger partial charge in [0.25, 0.3) is 0 Å². The lowest BCUT2D eigenvalue weighted by Gasteiger charge is -2.08. The van der Waals surface area contributed by atoms with E-state index in [1.54, 1.807) is 0 Å². The molecule has 1 heterocycles. The molecular weight excluding hydrogens is 226 g/mol. The van der Waals surface area contributed by atoms with Crippen molar-refractivity contribution in [1.82, 2.24) is 9.97 Å². The van der Waals surface area contributed by atoms with Crippen molar-refractivity contribution in [1.29, 1.82) is 0 Å². The fourth-order valence-corrected chi connectivity index (χ4v) is 2.01. The molecule has 0 aliphatic carbocycles. The highest BCUT2D eigenvalue weighted by Crippen LogP contribution is 2.27. The predicted molar refractivity (Wildman–Crippen MR) is 72.6 cm³/mol. The molecule has 0 bridgehead atoms. The quantitative estimate of drug-likeness (QED) is 0.870. The van der Waals surface area contributed by atoms with Crippen LogP contribution in [0.25, 0.3) is 11.3 Å². The third-order valence-corrected chi connectivity index (χ3v) is 2.88. The van der Waals surface area contributed by atoms with Crippen LogP contribution < -0.4 is 10.5 Å². The van der Waals surface area contributed by atoms with Crippen LogP contribution in [0.3, 0.4) is 0 Å². The van der Waals surface area contributed by atoms with Gasteiger partial charge < -0.3 is 15.5 Å². The molecule has 0 saturated carbocycles. The van der Waals surface area contributed by atoms with E-state index < -0.39 is 0 Å². The second-order valence-corrected chi connectivity index (χ2v) is 4.27. The van der Waals surface area contributed by atoms with Crippen LogP contribution in [0.4, 0.5) is 0 Å². The number of nitrogens with one attached hydrogen (secondary N) is 1. The number of nitrogens with two attached hydrogens (primary N) is 1. The molecule has 0 spiro atoms. The number of aromatic amines is 1. The molecule has 3 N–H and O–H groups in total. The van der Waals surface area contributed by atoms with Crippen LogP contribution in [0.15, 0.2) is 18.2 Å². The highest BCUT2D eigenvalue weighted by atomic mass is 16.5. The zero-order chi connectivity index (χ0) is 13.1. The van der Waals surface area contributed by atoms with Crippen molar-refractivity contribution in [2.24, 2.45) is 5.73 Å². The summed E-state index contributed by atoms with van der Waals surface area (Å²) in [6.45, 7) is 7.14. The van der Waals surface area contributed by atoms with E-state index in [1.807, 2.05) is 32.9 Å². The number of rotatable bonds is 4. The van der Waals surface area contributed by atoms with Gasteiger partial charge in [0.1, 0.15) is 11.6 Å². The SMILES string of the molecule is CCOc1ccc(-c2nc(CN)[nH]c2C)cc1C. The Hall–Kier alpha value is -1.81. The Morgan fingerprint density at radius 2 is 2.11 bits per heavy atom. The first kappa shape index (κ1) is 12.6.